The highest BCUT2D eigenvalue weighted by Gasteiger charge is 2.52. The van der Waals surface area contributed by atoms with Crippen molar-refractivity contribution in [2.45, 2.75) is 52.0 Å². The highest BCUT2D eigenvalue weighted by atomic mass is 16.7. The summed E-state index contributed by atoms with van der Waals surface area (Å²) in [6.45, 7) is 9.21. The van der Waals surface area contributed by atoms with Gasteiger partial charge in [0.2, 0.25) is 0 Å². The van der Waals surface area contributed by atoms with Gasteiger partial charge in [0.15, 0.2) is 0 Å². The SMILES string of the molecule is COc1cc2c(cc1B1OC(C)(C)C(C)(C)O1)C(=O)N(Cc1ccccc1)C2. The Morgan fingerprint density at radius 1 is 1.07 bits per heavy atom. The van der Waals surface area contributed by atoms with Crippen LogP contribution in [0.3, 0.4) is 0 Å². The molecule has 5 nitrogen and oxygen atoms in total. The van der Waals surface area contributed by atoms with Crippen LogP contribution in [0.2, 0.25) is 0 Å². The van der Waals surface area contributed by atoms with E-state index in [1.54, 1.807) is 7.11 Å². The van der Waals surface area contributed by atoms with Crippen LogP contribution in [0.4, 0.5) is 0 Å². The maximum atomic E-state index is 13.0. The lowest BCUT2D eigenvalue weighted by atomic mass is 9.77. The van der Waals surface area contributed by atoms with Crippen LogP contribution in [0, 0.1) is 0 Å². The molecule has 1 fully saturated rings. The van der Waals surface area contributed by atoms with Gasteiger partial charge in [0.05, 0.1) is 18.3 Å². The van der Waals surface area contributed by atoms with Crippen LogP contribution in [-0.2, 0) is 22.4 Å². The van der Waals surface area contributed by atoms with Crippen molar-refractivity contribution >= 4 is 18.5 Å². The lowest BCUT2D eigenvalue weighted by Crippen LogP contribution is -2.41. The lowest BCUT2D eigenvalue weighted by Gasteiger charge is -2.32. The van der Waals surface area contributed by atoms with Gasteiger partial charge in [-0.2, -0.15) is 0 Å². The van der Waals surface area contributed by atoms with Crippen LogP contribution >= 0.6 is 0 Å². The van der Waals surface area contributed by atoms with Crippen LogP contribution in [0.15, 0.2) is 42.5 Å². The van der Waals surface area contributed by atoms with Crippen LogP contribution in [0.5, 0.6) is 5.75 Å². The largest absolute Gasteiger partial charge is 0.498 e. The van der Waals surface area contributed by atoms with Gasteiger partial charge in [-0.3, -0.25) is 4.79 Å². The van der Waals surface area contributed by atoms with Crippen molar-refractivity contribution in [1.82, 2.24) is 4.90 Å². The van der Waals surface area contributed by atoms with Gasteiger partial charge in [0.25, 0.3) is 5.91 Å². The fourth-order valence-corrected chi connectivity index (χ4v) is 3.68. The maximum absolute atomic E-state index is 13.0. The van der Waals surface area contributed by atoms with E-state index in [4.69, 9.17) is 14.0 Å². The molecule has 4 rings (SSSR count). The van der Waals surface area contributed by atoms with E-state index >= 15 is 0 Å². The number of ether oxygens (including phenoxy) is 1. The summed E-state index contributed by atoms with van der Waals surface area (Å²) in [5.41, 5.74) is 2.63. The molecule has 2 aliphatic heterocycles. The summed E-state index contributed by atoms with van der Waals surface area (Å²) >= 11 is 0. The number of amides is 1. The monoisotopic (exact) mass is 379 g/mol. The number of carbonyl (C=O) groups is 1. The van der Waals surface area contributed by atoms with Gasteiger partial charge in [-0.1, -0.05) is 30.3 Å². The Bertz CT molecular complexity index is 894. The van der Waals surface area contributed by atoms with E-state index < -0.39 is 18.3 Å². The molecule has 1 saturated heterocycles. The number of fused-ring (bicyclic) bond motifs is 1. The number of hydrogen-bond donors (Lipinski definition) is 0. The Labute approximate surface area is 166 Å². The van der Waals surface area contributed by atoms with Crippen molar-refractivity contribution in [1.29, 1.82) is 0 Å². The van der Waals surface area contributed by atoms with Gasteiger partial charge in [0, 0.05) is 24.1 Å². The van der Waals surface area contributed by atoms with Gasteiger partial charge in [0.1, 0.15) is 5.75 Å². The first kappa shape index (κ1) is 19.0. The first-order valence-corrected chi connectivity index (χ1v) is 9.61. The smallest absolute Gasteiger partial charge is 0.497 e. The molecule has 0 saturated carbocycles. The molecule has 2 aliphatic rings. The van der Waals surface area contributed by atoms with E-state index in [-0.39, 0.29) is 5.91 Å². The van der Waals surface area contributed by atoms with Crippen molar-refractivity contribution in [2.75, 3.05) is 7.11 Å². The molecule has 146 valence electrons. The molecule has 0 unspecified atom stereocenters. The number of hydrogen-bond acceptors (Lipinski definition) is 4. The third-order valence-electron chi connectivity index (χ3n) is 6.06. The second-order valence-corrected chi connectivity index (χ2v) is 8.49. The fourth-order valence-electron chi connectivity index (χ4n) is 3.68. The van der Waals surface area contributed by atoms with Crippen molar-refractivity contribution in [2.24, 2.45) is 0 Å². The van der Waals surface area contributed by atoms with E-state index in [9.17, 15) is 4.79 Å². The minimum Gasteiger partial charge on any atom is -0.497 e. The van der Waals surface area contributed by atoms with Gasteiger partial charge in [-0.25, -0.2) is 0 Å². The summed E-state index contributed by atoms with van der Waals surface area (Å²) in [4.78, 5) is 14.9. The third-order valence-corrected chi connectivity index (χ3v) is 6.06. The molecule has 2 aromatic rings. The molecule has 2 heterocycles. The fraction of sp³-hybridized carbons (Fsp3) is 0.409. The van der Waals surface area contributed by atoms with E-state index in [2.05, 4.69) is 0 Å². The van der Waals surface area contributed by atoms with E-state index in [0.717, 1.165) is 16.6 Å². The maximum Gasteiger partial charge on any atom is 0.498 e. The standard InChI is InChI=1S/C22H26BNO4/c1-21(2)22(3,4)28-23(27-21)18-12-17-16(11-19(18)26-5)14-24(20(17)25)13-15-9-7-6-8-10-15/h6-12H,13-14H2,1-5H3. The molecular formula is C22H26BNO4. The predicted molar refractivity (Wildman–Crippen MR) is 109 cm³/mol. The van der Waals surface area contributed by atoms with Crippen LogP contribution in [0.1, 0.15) is 49.2 Å². The zero-order chi connectivity index (χ0) is 20.1. The van der Waals surface area contributed by atoms with E-state index in [1.807, 2.05) is 75.1 Å². The highest BCUT2D eigenvalue weighted by Crippen LogP contribution is 2.38. The Balaban J connectivity index is 1.64. The molecule has 6 heteroatoms. The van der Waals surface area contributed by atoms with Gasteiger partial charge in [-0.05, 0) is 51.0 Å². The summed E-state index contributed by atoms with van der Waals surface area (Å²) in [6, 6.07) is 13.8. The number of methoxy groups -OCH3 is 1. The Morgan fingerprint density at radius 3 is 2.32 bits per heavy atom. The molecule has 0 aliphatic carbocycles. The van der Waals surface area contributed by atoms with E-state index in [0.29, 0.717) is 24.4 Å². The first-order chi connectivity index (χ1) is 13.2. The second kappa shape index (κ2) is 6.64. The molecular weight excluding hydrogens is 353 g/mol. The highest BCUT2D eigenvalue weighted by molar-refractivity contribution is 6.63. The summed E-state index contributed by atoms with van der Waals surface area (Å²) in [5, 5.41) is 0. The molecule has 0 N–H and O–H groups in total. The molecule has 0 radical (unpaired) electrons. The Morgan fingerprint density at radius 2 is 1.71 bits per heavy atom. The number of rotatable bonds is 4. The summed E-state index contributed by atoms with van der Waals surface area (Å²) in [5.74, 6) is 0.714. The quantitative estimate of drug-likeness (QED) is 0.766. The molecule has 0 spiro atoms. The molecule has 28 heavy (non-hydrogen) atoms. The first-order valence-electron chi connectivity index (χ1n) is 9.61. The Hall–Kier alpha value is -2.31. The summed E-state index contributed by atoms with van der Waals surface area (Å²) in [6.07, 6.45) is 0. The van der Waals surface area contributed by atoms with Crippen LogP contribution in [-0.4, -0.2) is 36.2 Å². The minimum atomic E-state index is -0.568. The third kappa shape index (κ3) is 3.10. The number of carbonyl (C=O) groups excluding carboxylic acids is 1. The zero-order valence-corrected chi connectivity index (χ0v) is 17.1. The summed E-state index contributed by atoms with van der Waals surface area (Å²) in [7, 11) is 1.07. The van der Waals surface area contributed by atoms with Crippen molar-refractivity contribution in [3.63, 3.8) is 0 Å². The van der Waals surface area contributed by atoms with Crippen molar-refractivity contribution < 1.29 is 18.8 Å². The van der Waals surface area contributed by atoms with Crippen LogP contribution in [0.25, 0.3) is 0 Å². The van der Waals surface area contributed by atoms with Gasteiger partial charge >= 0.3 is 7.12 Å². The van der Waals surface area contributed by atoms with Crippen LogP contribution < -0.4 is 10.2 Å². The number of nitrogens with zero attached hydrogens (tertiary/aromatic N) is 1. The van der Waals surface area contributed by atoms with E-state index in [1.165, 1.54) is 0 Å². The van der Waals surface area contributed by atoms with Gasteiger partial charge < -0.3 is 18.9 Å². The molecule has 1 amide bonds. The molecule has 0 atom stereocenters. The minimum absolute atomic E-state index is 0.0271. The predicted octanol–water partition coefficient (Wildman–Crippen LogP) is 3.15. The zero-order valence-electron chi connectivity index (χ0n) is 17.1. The molecule has 0 bridgehead atoms. The average molecular weight is 379 g/mol. The summed E-state index contributed by atoms with van der Waals surface area (Å²) < 4.78 is 18.0. The van der Waals surface area contributed by atoms with Crippen molar-refractivity contribution in [3.8, 4) is 5.75 Å². The van der Waals surface area contributed by atoms with Crippen molar-refractivity contribution in [3.05, 3.63) is 59.2 Å². The molecule has 0 aromatic heterocycles. The lowest BCUT2D eigenvalue weighted by molar-refractivity contribution is 0.00578. The van der Waals surface area contributed by atoms with Gasteiger partial charge in [-0.15, -0.1) is 0 Å². The average Bonchev–Trinajstić information content (AvgIpc) is 3.06. The Kier molecular flexibility index (Phi) is 4.51. The topological polar surface area (TPSA) is 48.0 Å². The number of benzene rings is 2. The normalized spacial score (nSPS) is 19.8. The molecule has 2 aromatic carbocycles. The second-order valence-electron chi connectivity index (χ2n) is 8.49.